The molecule has 0 bridgehead atoms. The third-order valence-corrected chi connectivity index (χ3v) is 11.0. The standard InChI is InChI=1S/C29H55FO3/c1-22(2,3)24(7,8)18-28(15,20(30)31)27(13,14)25(9,10)19-29(16,21(32)33-17)26(11,12)23(4,5)6/h18-19H2,1-17H3. The molecular formula is C29H55FO3. The highest BCUT2D eigenvalue weighted by molar-refractivity contribution is 5.78. The van der Waals surface area contributed by atoms with Crippen molar-refractivity contribution in [1.82, 2.24) is 0 Å². The molecule has 0 spiro atoms. The van der Waals surface area contributed by atoms with E-state index in [-0.39, 0.29) is 22.2 Å². The van der Waals surface area contributed by atoms with Crippen molar-refractivity contribution in [2.75, 3.05) is 7.11 Å². The van der Waals surface area contributed by atoms with E-state index >= 15 is 4.39 Å². The summed E-state index contributed by atoms with van der Waals surface area (Å²) in [6.45, 7) is 33.1. The number of rotatable bonds is 9. The molecule has 0 radical (unpaired) electrons. The lowest BCUT2D eigenvalue weighted by atomic mass is 9.44. The zero-order chi connectivity index (χ0) is 27.3. The molecule has 0 amide bonds. The first-order valence-corrected chi connectivity index (χ1v) is 12.4. The summed E-state index contributed by atoms with van der Waals surface area (Å²) in [5.74, 6) is -0.269. The Hall–Kier alpha value is -0.930. The normalized spacial score (nSPS) is 18.4. The summed E-state index contributed by atoms with van der Waals surface area (Å²) >= 11 is 0. The minimum atomic E-state index is -1.28. The van der Waals surface area contributed by atoms with Crippen molar-refractivity contribution in [3.05, 3.63) is 0 Å². The van der Waals surface area contributed by atoms with Gasteiger partial charge in [-0.3, -0.25) is 9.59 Å². The molecule has 0 aromatic carbocycles. The lowest BCUT2D eigenvalue weighted by Gasteiger charge is -2.59. The third kappa shape index (κ3) is 5.35. The molecule has 0 rings (SSSR count). The van der Waals surface area contributed by atoms with Gasteiger partial charge in [0.2, 0.25) is 0 Å². The molecule has 2 atom stereocenters. The predicted octanol–water partition coefficient (Wildman–Crippen LogP) is 8.65. The van der Waals surface area contributed by atoms with Crippen LogP contribution < -0.4 is 0 Å². The summed E-state index contributed by atoms with van der Waals surface area (Å²) in [6, 6.07) is -1.28. The molecule has 196 valence electrons. The highest BCUT2D eigenvalue weighted by Gasteiger charge is 2.62. The zero-order valence-corrected chi connectivity index (χ0v) is 25.0. The molecule has 0 aromatic heterocycles. The minimum absolute atomic E-state index is 0.112. The van der Waals surface area contributed by atoms with E-state index in [1.165, 1.54) is 7.11 Å². The van der Waals surface area contributed by atoms with Crippen molar-refractivity contribution in [2.45, 2.75) is 124 Å². The van der Waals surface area contributed by atoms with Crippen molar-refractivity contribution in [3.8, 4) is 0 Å². The predicted molar refractivity (Wildman–Crippen MR) is 138 cm³/mol. The van der Waals surface area contributed by atoms with E-state index < -0.39 is 33.1 Å². The molecule has 0 aliphatic carbocycles. The molecule has 3 nitrogen and oxygen atoms in total. The lowest BCUT2D eigenvalue weighted by Crippen LogP contribution is -2.57. The molecule has 0 fully saturated rings. The Balaban J connectivity index is 6.83. The van der Waals surface area contributed by atoms with Gasteiger partial charge in [-0.1, -0.05) is 96.9 Å². The van der Waals surface area contributed by atoms with Crippen LogP contribution in [0.15, 0.2) is 0 Å². The van der Waals surface area contributed by atoms with Gasteiger partial charge in [-0.05, 0) is 59.2 Å². The number of hydrogen-bond donors (Lipinski definition) is 0. The van der Waals surface area contributed by atoms with Crippen molar-refractivity contribution >= 4 is 12.0 Å². The average molecular weight is 471 g/mol. The second-order valence-electron chi connectivity index (χ2n) is 15.3. The highest BCUT2D eigenvalue weighted by atomic mass is 19.1. The van der Waals surface area contributed by atoms with Crippen molar-refractivity contribution < 1.29 is 18.7 Å². The van der Waals surface area contributed by atoms with E-state index in [1.807, 2.05) is 20.8 Å². The van der Waals surface area contributed by atoms with Crippen LogP contribution in [0.2, 0.25) is 0 Å². The monoisotopic (exact) mass is 470 g/mol. The molecular weight excluding hydrogens is 415 g/mol. The first-order chi connectivity index (χ1) is 14.1. The van der Waals surface area contributed by atoms with E-state index in [0.717, 1.165) is 0 Å². The third-order valence-electron chi connectivity index (χ3n) is 11.0. The number of carbonyl (C=O) groups excluding carboxylic acids is 2. The SMILES string of the molecule is COC(=O)C(C)(CC(C)(C)C(C)(C)C(C)(CC(C)(C)C(C)(C)C)C(=O)F)C(C)(C)C(C)(C)C. The summed E-state index contributed by atoms with van der Waals surface area (Å²) in [6.07, 6.45) is 0.871. The van der Waals surface area contributed by atoms with Crippen LogP contribution in [0.4, 0.5) is 4.39 Å². The topological polar surface area (TPSA) is 43.4 Å². The first kappa shape index (κ1) is 32.1. The molecule has 2 unspecified atom stereocenters. The van der Waals surface area contributed by atoms with E-state index in [0.29, 0.717) is 12.8 Å². The van der Waals surface area contributed by atoms with Gasteiger partial charge in [0.15, 0.2) is 0 Å². The van der Waals surface area contributed by atoms with Crippen LogP contribution >= 0.6 is 0 Å². The molecule has 4 heteroatoms. The quantitative estimate of drug-likeness (QED) is 0.250. The number of methoxy groups -OCH3 is 1. The Morgan fingerprint density at radius 3 is 1.21 bits per heavy atom. The Labute approximate surface area is 205 Å². The fourth-order valence-electron chi connectivity index (χ4n) is 5.14. The largest absolute Gasteiger partial charge is 0.469 e. The number of esters is 1. The Kier molecular flexibility index (Phi) is 8.68. The van der Waals surface area contributed by atoms with Crippen LogP contribution in [0.1, 0.15) is 124 Å². The number of hydrogen-bond acceptors (Lipinski definition) is 3. The van der Waals surface area contributed by atoms with Gasteiger partial charge >= 0.3 is 12.0 Å². The summed E-state index contributed by atoms with van der Waals surface area (Å²) in [7, 11) is 1.43. The van der Waals surface area contributed by atoms with Gasteiger partial charge < -0.3 is 4.74 Å². The molecule has 0 N–H and O–H groups in total. The second kappa shape index (κ2) is 8.94. The number of ether oxygens (including phenoxy) is 1. The Morgan fingerprint density at radius 1 is 0.576 bits per heavy atom. The Morgan fingerprint density at radius 2 is 0.939 bits per heavy atom. The fourth-order valence-corrected chi connectivity index (χ4v) is 5.14. The van der Waals surface area contributed by atoms with Crippen LogP contribution in [-0.4, -0.2) is 19.1 Å². The maximum Gasteiger partial charge on any atom is 0.312 e. The van der Waals surface area contributed by atoms with E-state index in [9.17, 15) is 9.59 Å². The van der Waals surface area contributed by atoms with Gasteiger partial charge in [0.25, 0.3) is 0 Å². The van der Waals surface area contributed by atoms with Gasteiger partial charge in [-0.25, -0.2) is 0 Å². The smallest absolute Gasteiger partial charge is 0.312 e. The van der Waals surface area contributed by atoms with Crippen LogP contribution in [-0.2, 0) is 14.3 Å². The highest BCUT2D eigenvalue weighted by Crippen LogP contribution is 2.64. The number of carbonyl (C=O) groups is 2. The summed E-state index contributed by atoms with van der Waals surface area (Å²) in [5, 5.41) is 0. The van der Waals surface area contributed by atoms with Gasteiger partial charge in [-0.2, -0.15) is 4.39 Å². The van der Waals surface area contributed by atoms with Gasteiger partial charge in [0.1, 0.15) is 0 Å². The van der Waals surface area contributed by atoms with E-state index in [4.69, 9.17) is 4.74 Å². The molecule has 0 saturated heterocycles. The Bertz CT molecular complexity index is 731. The fraction of sp³-hybridized carbons (Fsp3) is 0.931. The minimum Gasteiger partial charge on any atom is -0.469 e. The summed E-state index contributed by atoms with van der Waals surface area (Å²) in [5.41, 5.74) is -4.41. The molecule has 0 aliphatic heterocycles. The molecule has 0 aromatic rings. The van der Waals surface area contributed by atoms with Crippen LogP contribution in [0.3, 0.4) is 0 Å². The molecule has 33 heavy (non-hydrogen) atoms. The van der Waals surface area contributed by atoms with Crippen LogP contribution in [0, 0.1) is 43.3 Å². The van der Waals surface area contributed by atoms with Crippen molar-refractivity contribution in [2.24, 2.45) is 43.3 Å². The van der Waals surface area contributed by atoms with Crippen LogP contribution in [0.25, 0.3) is 0 Å². The van der Waals surface area contributed by atoms with Crippen LogP contribution in [0.5, 0.6) is 0 Å². The average Bonchev–Trinajstić information content (AvgIpc) is 2.57. The molecule has 0 heterocycles. The van der Waals surface area contributed by atoms with E-state index in [1.54, 1.807) is 6.92 Å². The first-order valence-electron chi connectivity index (χ1n) is 12.4. The van der Waals surface area contributed by atoms with E-state index in [2.05, 4.69) is 83.1 Å². The maximum atomic E-state index is 15.0. The zero-order valence-electron chi connectivity index (χ0n) is 25.0. The van der Waals surface area contributed by atoms with Gasteiger partial charge in [0, 0.05) is 0 Å². The molecule has 0 saturated carbocycles. The maximum absolute atomic E-state index is 15.0. The number of halogens is 1. The lowest BCUT2D eigenvalue weighted by molar-refractivity contribution is -0.181. The van der Waals surface area contributed by atoms with Crippen molar-refractivity contribution in [3.63, 3.8) is 0 Å². The molecule has 0 aliphatic rings. The van der Waals surface area contributed by atoms with Gasteiger partial charge in [-0.15, -0.1) is 0 Å². The second-order valence-corrected chi connectivity index (χ2v) is 15.3. The summed E-state index contributed by atoms with van der Waals surface area (Å²) in [4.78, 5) is 26.0. The summed E-state index contributed by atoms with van der Waals surface area (Å²) < 4.78 is 20.4. The van der Waals surface area contributed by atoms with Gasteiger partial charge in [0.05, 0.1) is 17.9 Å². The van der Waals surface area contributed by atoms with Crippen molar-refractivity contribution in [1.29, 1.82) is 0 Å².